The largest absolute Gasteiger partial charge is 0.323 e. The number of carbonyl (C=O) groups excluding carboxylic acids is 1. The molecule has 5 nitrogen and oxygen atoms in total. The molecule has 0 fully saturated rings. The van der Waals surface area contributed by atoms with Crippen LogP contribution in [0.25, 0.3) is 10.2 Å². The zero-order valence-electron chi connectivity index (χ0n) is 14.2. The van der Waals surface area contributed by atoms with E-state index in [0.717, 1.165) is 9.79 Å². The summed E-state index contributed by atoms with van der Waals surface area (Å²) in [5, 5.41) is 5.26. The highest BCUT2D eigenvalue weighted by Crippen LogP contribution is 2.33. The van der Waals surface area contributed by atoms with Crippen LogP contribution in [0.4, 0.5) is 5.69 Å². The number of amides is 1. The zero-order valence-corrected chi connectivity index (χ0v) is 15.8. The first kappa shape index (κ1) is 17.5. The highest BCUT2D eigenvalue weighted by atomic mass is 32.2. The van der Waals surface area contributed by atoms with Gasteiger partial charge in [0.25, 0.3) is 5.56 Å². The highest BCUT2D eigenvalue weighted by Gasteiger charge is 2.11. The monoisotopic (exact) mass is 393 g/mol. The minimum absolute atomic E-state index is 0.0814. The predicted octanol–water partition coefficient (Wildman–Crippen LogP) is 4.25. The Kier molecular flexibility index (Phi) is 5.04. The number of hydrogen-bond donors (Lipinski definition) is 1. The van der Waals surface area contributed by atoms with Gasteiger partial charge in [-0.1, -0.05) is 42.1 Å². The SMILES string of the molecule is O=C(Cn1cnc2sccc2c1=O)Nc1ccccc1Sc1ccccc1. The first-order valence-corrected chi connectivity index (χ1v) is 9.95. The van der Waals surface area contributed by atoms with Gasteiger partial charge >= 0.3 is 0 Å². The molecule has 0 saturated carbocycles. The van der Waals surface area contributed by atoms with Gasteiger partial charge in [0.15, 0.2) is 0 Å². The molecule has 0 aliphatic rings. The maximum absolute atomic E-state index is 12.5. The summed E-state index contributed by atoms with van der Waals surface area (Å²) in [5.41, 5.74) is 0.511. The number of hydrogen-bond acceptors (Lipinski definition) is 5. The lowest BCUT2D eigenvalue weighted by Gasteiger charge is -2.11. The van der Waals surface area contributed by atoms with E-state index < -0.39 is 0 Å². The zero-order chi connectivity index (χ0) is 18.6. The number of thiophene rings is 1. The summed E-state index contributed by atoms with van der Waals surface area (Å²) in [6.07, 6.45) is 1.42. The molecule has 0 unspecified atom stereocenters. The smallest absolute Gasteiger partial charge is 0.262 e. The average molecular weight is 393 g/mol. The van der Waals surface area contributed by atoms with Gasteiger partial charge < -0.3 is 5.32 Å². The Morgan fingerprint density at radius 1 is 1.07 bits per heavy atom. The summed E-state index contributed by atoms with van der Waals surface area (Å²) in [7, 11) is 0. The third kappa shape index (κ3) is 3.94. The van der Waals surface area contributed by atoms with E-state index in [0.29, 0.717) is 15.9 Å². The number of rotatable bonds is 5. The molecule has 2 heterocycles. The Hall–Kier alpha value is -2.90. The van der Waals surface area contributed by atoms with Crippen LogP contribution in [0.2, 0.25) is 0 Å². The summed E-state index contributed by atoms with van der Waals surface area (Å²) >= 11 is 2.98. The standard InChI is InChI=1S/C20H15N3O2S2/c24-18(12-23-13-21-19-15(20(23)25)10-11-26-19)22-16-8-4-5-9-17(16)27-14-6-2-1-3-7-14/h1-11,13H,12H2,(H,22,24). The van der Waals surface area contributed by atoms with Crippen LogP contribution in [-0.4, -0.2) is 15.5 Å². The molecule has 0 bridgehead atoms. The van der Waals surface area contributed by atoms with Gasteiger partial charge in [-0.25, -0.2) is 4.98 Å². The Bertz CT molecular complexity index is 1150. The van der Waals surface area contributed by atoms with Crippen LogP contribution in [0.1, 0.15) is 0 Å². The van der Waals surface area contributed by atoms with Crippen molar-refractivity contribution in [3.63, 3.8) is 0 Å². The second-order valence-electron chi connectivity index (χ2n) is 5.78. The molecule has 7 heteroatoms. The Morgan fingerprint density at radius 2 is 1.85 bits per heavy atom. The molecule has 0 aliphatic carbocycles. The van der Waals surface area contributed by atoms with E-state index in [1.807, 2.05) is 60.0 Å². The van der Waals surface area contributed by atoms with Crippen molar-refractivity contribution in [3.8, 4) is 0 Å². The quantitative estimate of drug-likeness (QED) is 0.551. The van der Waals surface area contributed by atoms with Crippen LogP contribution in [0.3, 0.4) is 0 Å². The van der Waals surface area contributed by atoms with E-state index in [1.54, 1.807) is 17.8 Å². The molecule has 0 aliphatic heterocycles. The lowest BCUT2D eigenvalue weighted by atomic mass is 10.3. The summed E-state index contributed by atoms with van der Waals surface area (Å²) in [5.74, 6) is -0.269. The summed E-state index contributed by atoms with van der Waals surface area (Å²) < 4.78 is 1.33. The van der Waals surface area contributed by atoms with Crippen molar-refractivity contribution in [2.24, 2.45) is 0 Å². The number of nitrogens with zero attached hydrogens (tertiary/aromatic N) is 2. The maximum atomic E-state index is 12.5. The molecule has 4 aromatic rings. The van der Waals surface area contributed by atoms with E-state index in [-0.39, 0.29) is 18.0 Å². The second-order valence-corrected chi connectivity index (χ2v) is 7.79. The van der Waals surface area contributed by atoms with E-state index in [2.05, 4.69) is 10.3 Å². The van der Waals surface area contributed by atoms with Gasteiger partial charge in [0, 0.05) is 9.79 Å². The minimum Gasteiger partial charge on any atom is -0.323 e. The molecular formula is C20H15N3O2S2. The topological polar surface area (TPSA) is 64.0 Å². The second kappa shape index (κ2) is 7.77. The molecule has 0 radical (unpaired) electrons. The van der Waals surface area contributed by atoms with Crippen LogP contribution < -0.4 is 10.9 Å². The van der Waals surface area contributed by atoms with E-state index in [9.17, 15) is 9.59 Å². The summed E-state index contributed by atoms with van der Waals surface area (Å²) in [4.78, 5) is 31.9. The van der Waals surface area contributed by atoms with E-state index in [1.165, 1.54) is 22.2 Å². The van der Waals surface area contributed by atoms with Crippen LogP contribution in [-0.2, 0) is 11.3 Å². The van der Waals surface area contributed by atoms with Crippen LogP contribution in [0, 0.1) is 0 Å². The number of aromatic nitrogens is 2. The number of anilines is 1. The predicted molar refractivity (Wildman–Crippen MR) is 110 cm³/mol. The van der Waals surface area contributed by atoms with Crippen molar-refractivity contribution < 1.29 is 4.79 Å². The molecular weight excluding hydrogens is 378 g/mol. The Balaban J connectivity index is 1.53. The molecule has 4 rings (SSSR count). The molecule has 1 amide bonds. The number of nitrogens with one attached hydrogen (secondary N) is 1. The first-order chi connectivity index (χ1) is 13.2. The molecule has 2 aromatic carbocycles. The fourth-order valence-electron chi connectivity index (χ4n) is 2.62. The van der Waals surface area contributed by atoms with Crippen molar-refractivity contribution in [2.45, 2.75) is 16.3 Å². The lowest BCUT2D eigenvalue weighted by molar-refractivity contribution is -0.116. The molecule has 2 aromatic heterocycles. The number of fused-ring (bicyclic) bond motifs is 1. The van der Waals surface area contributed by atoms with Gasteiger partial charge in [-0.3, -0.25) is 14.2 Å². The highest BCUT2D eigenvalue weighted by molar-refractivity contribution is 7.99. The van der Waals surface area contributed by atoms with E-state index in [4.69, 9.17) is 0 Å². The van der Waals surface area contributed by atoms with Crippen molar-refractivity contribution in [2.75, 3.05) is 5.32 Å². The van der Waals surface area contributed by atoms with Crippen LogP contribution in [0.5, 0.6) is 0 Å². The normalized spacial score (nSPS) is 10.8. The fourth-order valence-corrected chi connectivity index (χ4v) is 4.27. The molecule has 0 saturated heterocycles. The average Bonchev–Trinajstić information content (AvgIpc) is 3.16. The van der Waals surface area contributed by atoms with Gasteiger partial charge in [-0.15, -0.1) is 11.3 Å². The van der Waals surface area contributed by atoms with Crippen molar-refractivity contribution in [1.29, 1.82) is 0 Å². The third-order valence-electron chi connectivity index (χ3n) is 3.90. The Morgan fingerprint density at radius 3 is 2.70 bits per heavy atom. The first-order valence-electron chi connectivity index (χ1n) is 8.25. The molecule has 1 N–H and O–H groups in total. The number of benzene rings is 2. The van der Waals surface area contributed by atoms with Crippen LogP contribution in [0.15, 0.2) is 87.0 Å². The van der Waals surface area contributed by atoms with Gasteiger partial charge in [-0.2, -0.15) is 0 Å². The van der Waals surface area contributed by atoms with Gasteiger partial charge in [0.1, 0.15) is 11.4 Å². The number of carbonyl (C=O) groups is 1. The van der Waals surface area contributed by atoms with Crippen molar-refractivity contribution in [1.82, 2.24) is 9.55 Å². The van der Waals surface area contributed by atoms with E-state index >= 15 is 0 Å². The molecule has 134 valence electrons. The Labute approximate surface area is 163 Å². The fraction of sp³-hybridized carbons (Fsp3) is 0.0500. The van der Waals surface area contributed by atoms with Crippen molar-refractivity contribution >= 4 is 44.9 Å². The van der Waals surface area contributed by atoms with Gasteiger partial charge in [0.2, 0.25) is 5.91 Å². The number of para-hydroxylation sites is 1. The van der Waals surface area contributed by atoms with Gasteiger partial charge in [-0.05, 0) is 35.7 Å². The lowest BCUT2D eigenvalue weighted by Crippen LogP contribution is -2.27. The third-order valence-corrected chi connectivity index (χ3v) is 5.80. The molecule has 27 heavy (non-hydrogen) atoms. The van der Waals surface area contributed by atoms with Gasteiger partial charge in [0.05, 0.1) is 17.4 Å². The molecule has 0 spiro atoms. The van der Waals surface area contributed by atoms with Crippen LogP contribution >= 0.6 is 23.1 Å². The molecule has 0 atom stereocenters. The summed E-state index contributed by atoms with van der Waals surface area (Å²) in [6, 6.07) is 19.3. The van der Waals surface area contributed by atoms with Crippen molar-refractivity contribution in [3.05, 3.63) is 82.7 Å². The minimum atomic E-state index is -0.269. The summed E-state index contributed by atoms with van der Waals surface area (Å²) in [6.45, 7) is -0.0814. The maximum Gasteiger partial charge on any atom is 0.262 e.